The van der Waals surface area contributed by atoms with Crippen molar-refractivity contribution in [2.24, 2.45) is 0 Å². The van der Waals surface area contributed by atoms with Crippen LogP contribution in [0.15, 0.2) is 24.7 Å². The number of rotatable bonds is 4. The number of aliphatic hydroxyl groups excluding tert-OH is 1. The first-order valence-corrected chi connectivity index (χ1v) is 10.8. The largest absolute Gasteiger partial charge is 0.389 e. The Kier molecular flexibility index (Phi) is 5.03. The fourth-order valence-electron chi connectivity index (χ4n) is 2.37. The number of alkyl halides is 1. The Labute approximate surface area is 134 Å². The van der Waals surface area contributed by atoms with E-state index in [9.17, 15) is 9.90 Å². The van der Waals surface area contributed by atoms with E-state index < -0.39 is 13.0 Å². The maximum atomic E-state index is 11.3. The number of carbonyl (C=O) groups is 1. The Balaban J connectivity index is 2.06. The van der Waals surface area contributed by atoms with E-state index in [0.29, 0.717) is 5.82 Å². The van der Waals surface area contributed by atoms with Crippen LogP contribution in [0.2, 0.25) is 0 Å². The molecule has 0 aromatic heterocycles. The Hall–Kier alpha value is -0.550. The monoisotopic (exact) mass is 376 g/mol. The van der Waals surface area contributed by atoms with Gasteiger partial charge >= 0.3 is 0 Å². The summed E-state index contributed by atoms with van der Waals surface area (Å²) >= 11 is 3.50. The molecule has 1 amide bonds. The molecule has 2 rings (SSSR count). The van der Waals surface area contributed by atoms with Crippen molar-refractivity contribution in [2.75, 3.05) is 19.5 Å². The third-order valence-corrected chi connectivity index (χ3v) is 6.02. The minimum absolute atomic E-state index is 0.207. The molecule has 0 aliphatic carbocycles. The highest BCUT2D eigenvalue weighted by atomic mass is 79.9. The number of aliphatic hydroxyl groups is 1. The highest BCUT2D eigenvalue weighted by Gasteiger charge is 2.45. The molecule has 2 heterocycles. The van der Waals surface area contributed by atoms with Gasteiger partial charge < -0.3 is 20.1 Å². The van der Waals surface area contributed by atoms with Crippen LogP contribution in [0, 0.1) is 0 Å². The molecule has 2 N–H and O–H groups in total. The number of halogens is 1. The van der Waals surface area contributed by atoms with Crippen molar-refractivity contribution in [2.45, 2.75) is 29.7 Å². The second-order valence-corrected chi connectivity index (χ2v) is 11.5. The summed E-state index contributed by atoms with van der Waals surface area (Å²) in [5.74, 6) is 0.246. The van der Waals surface area contributed by atoms with Gasteiger partial charge in [-0.15, -0.1) is 13.2 Å². The molecule has 2 aliphatic rings. The zero-order valence-corrected chi connectivity index (χ0v) is 14.8. The third-order valence-electron chi connectivity index (χ3n) is 3.55. The van der Waals surface area contributed by atoms with Crippen LogP contribution in [0.3, 0.4) is 0 Å². The molecule has 0 radical (unpaired) electrons. The SMILES string of the molecule is C=C1NC(=O)C=CN1C1OC(CCP(=C)(C)C)[C@@H](O)[C@H]1Br. The van der Waals surface area contributed by atoms with E-state index in [-0.39, 0.29) is 23.1 Å². The predicted molar refractivity (Wildman–Crippen MR) is 91.0 cm³/mol. The van der Waals surface area contributed by atoms with Crippen molar-refractivity contribution in [1.29, 1.82) is 0 Å². The Morgan fingerprint density at radius 3 is 2.81 bits per heavy atom. The number of ether oxygens (including phenoxy) is 1. The summed E-state index contributed by atoms with van der Waals surface area (Å²) in [6, 6.07) is 0. The summed E-state index contributed by atoms with van der Waals surface area (Å²) in [5.41, 5.74) is 0. The molecule has 0 saturated carbocycles. The smallest absolute Gasteiger partial charge is 0.250 e. The van der Waals surface area contributed by atoms with E-state index in [1.54, 1.807) is 11.1 Å². The summed E-state index contributed by atoms with van der Waals surface area (Å²) in [6.45, 7) is 7.01. The summed E-state index contributed by atoms with van der Waals surface area (Å²) in [5, 5.41) is 13.0. The van der Waals surface area contributed by atoms with Gasteiger partial charge in [0.2, 0.25) is 0 Å². The van der Waals surface area contributed by atoms with Gasteiger partial charge in [-0.2, -0.15) is 0 Å². The first-order chi connectivity index (χ1) is 9.69. The van der Waals surface area contributed by atoms with Crippen LogP contribution < -0.4 is 5.32 Å². The van der Waals surface area contributed by atoms with Gasteiger partial charge in [0.05, 0.1) is 17.0 Å². The van der Waals surface area contributed by atoms with Crippen LogP contribution in [0.5, 0.6) is 0 Å². The number of carbonyl (C=O) groups excluding carboxylic acids is 1. The van der Waals surface area contributed by atoms with Crippen molar-refractivity contribution >= 4 is 35.0 Å². The maximum absolute atomic E-state index is 11.3. The Morgan fingerprint density at radius 2 is 2.24 bits per heavy atom. The lowest BCUT2D eigenvalue weighted by atomic mass is 10.1. The molecule has 4 atom stereocenters. The van der Waals surface area contributed by atoms with E-state index in [4.69, 9.17) is 4.74 Å². The third kappa shape index (κ3) is 4.01. The van der Waals surface area contributed by atoms with Gasteiger partial charge in [0.25, 0.3) is 5.91 Å². The molecule has 0 aromatic rings. The quantitative estimate of drug-likeness (QED) is 0.574. The van der Waals surface area contributed by atoms with Gasteiger partial charge in [0.15, 0.2) is 6.23 Å². The van der Waals surface area contributed by atoms with Crippen LogP contribution >= 0.6 is 22.8 Å². The van der Waals surface area contributed by atoms with Crippen LogP contribution in [-0.4, -0.2) is 65.0 Å². The van der Waals surface area contributed by atoms with E-state index >= 15 is 0 Å². The lowest BCUT2D eigenvalue weighted by Crippen LogP contribution is -2.44. The van der Waals surface area contributed by atoms with Crippen molar-refractivity contribution in [3.05, 3.63) is 24.7 Å². The molecule has 118 valence electrons. The highest BCUT2D eigenvalue weighted by molar-refractivity contribution is 9.09. The molecule has 0 bridgehead atoms. The summed E-state index contributed by atoms with van der Waals surface area (Å²) in [6.07, 6.45) is 7.76. The topological polar surface area (TPSA) is 61.8 Å². The normalized spacial score (nSPS) is 33.4. The van der Waals surface area contributed by atoms with Crippen LogP contribution in [-0.2, 0) is 9.53 Å². The average molecular weight is 377 g/mol. The average Bonchev–Trinajstić information content (AvgIpc) is 2.64. The molecule has 21 heavy (non-hydrogen) atoms. The van der Waals surface area contributed by atoms with Gasteiger partial charge in [-0.25, -0.2) is 0 Å². The van der Waals surface area contributed by atoms with Crippen LogP contribution in [0.4, 0.5) is 0 Å². The summed E-state index contributed by atoms with van der Waals surface area (Å²) in [7, 11) is 0. The van der Waals surface area contributed by atoms with Gasteiger partial charge in [-0.05, 0) is 25.9 Å². The molecule has 0 aromatic carbocycles. The molecule has 2 unspecified atom stereocenters. The standard InChI is InChI=1S/C14H22BrN2O3P/c1-9-16-11(18)5-7-17(9)14-12(15)13(19)10(20-14)6-8-21(2,3)4/h5,7,10,12-14,19H,1-2,6,8H2,3-4H3,(H,16,18)/t10?,12-,13-,14?/m1/s1. The molecule has 1 fully saturated rings. The molecule has 2 aliphatic heterocycles. The van der Waals surface area contributed by atoms with Gasteiger partial charge in [0, 0.05) is 12.3 Å². The number of nitrogens with zero attached hydrogens (tertiary/aromatic N) is 1. The lowest BCUT2D eigenvalue weighted by molar-refractivity contribution is -0.117. The number of hydrogen-bond acceptors (Lipinski definition) is 4. The minimum atomic E-state index is -1.15. The Morgan fingerprint density at radius 1 is 1.57 bits per heavy atom. The maximum Gasteiger partial charge on any atom is 0.250 e. The molecule has 5 nitrogen and oxygen atoms in total. The van der Waals surface area contributed by atoms with Crippen molar-refractivity contribution in [3.63, 3.8) is 0 Å². The predicted octanol–water partition coefficient (Wildman–Crippen LogP) is 1.35. The molecule has 1 saturated heterocycles. The second kappa shape index (κ2) is 6.29. The van der Waals surface area contributed by atoms with Crippen LogP contribution in [0.25, 0.3) is 0 Å². The fourth-order valence-corrected chi connectivity index (χ4v) is 4.04. The van der Waals surface area contributed by atoms with Crippen molar-refractivity contribution < 1.29 is 14.6 Å². The zero-order chi connectivity index (χ0) is 15.8. The number of nitrogens with one attached hydrogen (secondary N) is 1. The van der Waals surface area contributed by atoms with Crippen molar-refractivity contribution in [3.8, 4) is 0 Å². The second-order valence-electron chi connectivity index (χ2n) is 6.11. The van der Waals surface area contributed by atoms with E-state index in [0.717, 1.165) is 12.6 Å². The van der Waals surface area contributed by atoms with Gasteiger partial charge in [-0.1, -0.05) is 22.5 Å². The number of amides is 1. The lowest BCUT2D eigenvalue weighted by Gasteiger charge is -2.32. The summed E-state index contributed by atoms with van der Waals surface area (Å²) in [4.78, 5) is 12.8. The fraction of sp³-hybridized carbons (Fsp3) is 0.571. The van der Waals surface area contributed by atoms with E-state index in [1.807, 2.05) is 0 Å². The molecule has 7 heteroatoms. The van der Waals surface area contributed by atoms with Crippen molar-refractivity contribution in [1.82, 2.24) is 10.2 Å². The first kappa shape index (κ1) is 16.8. The van der Waals surface area contributed by atoms with Crippen LogP contribution in [0.1, 0.15) is 6.42 Å². The van der Waals surface area contributed by atoms with E-state index in [2.05, 4.69) is 47.5 Å². The number of hydrogen-bond donors (Lipinski definition) is 2. The summed E-state index contributed by atoms with van der Waals surface area (Å²) < 4.78 is 5.98. The zero-order valence-electron chi connectivity index (χ0n) is 12.3. The highest BCUT2D eigenvalue weighted by Crippen LogP contribution is 2.39. The first-order valence-electron chi connectivity index (χ1n) is 6.80. The minimum Gasteiger partial charge on any atom is -0.389 e. The molecular weight excluding hydrogens is 355 g/mol. The molecule has 0 spiro atoms. The molecular formula is C14H22BrN2O3P. The van der Waals surface area contributed by atoms with Gasteiger partial charge in [-0.3, -0.25) is 4.79 Å². The van der Waals surface area contributed by atoms with Gasteiger partial charge in [0.1, 0.15) is 5.82 Å². The Bertz CT molecular complexity index is 516. The van der Waals surface area contributed by atoms with E-state index in [1.165, 1.54) is 6.08 Å².